The average Bonchev–Trinajstić information content (AvgIpc) is 2.89. The smallest absolute Gasteiger partial charge is 0.369 e. The molecule has 0 aliphatic carbocycles. The number of nitrogens with zero attached hydrogens (tertiary/aromatic N) is 2. The molecule has 1 unspecified atom stereocenters. The summed E-state index contributed by atoms with van der Waals surface area (Å²) in [6, 6.07) is 1.93. The van der Waals surface area contributed by atoms with E-state index in [1.54, 1.807) is 0 Å². The van der Waals surface area contributed by atoms with Gasteiger partial charge in [-0.1, -0.05) is 6.58 Å². The Balaban J connectivity index is 2.44. The summed E-state index contributed by atoms with van der Waals surface area (Å²) in [7, 11) is 0. The lowest BCUT2D eigenvalue weighted by atomic mass is 10.1. The van der Waals surface area contributed by atoms with E-state index in [1.807, 2.05) is 0 Å². The summed E-state index contributed by atoms with van der Waals surface area (Å²) in [6.07, 6.45) is -3.28. The Morgan fingerprint density at radius 3 is 2.33 bits per heavy atom. The Labute approximate surface area is 151 Å². The molecular formula is C14H10F5IN2OS. The van der Waals surface area contributed by atoms with Gasteiger partial charge in [-0.2, -0.15) is 22.0 Å². The number of pyridine rings is 1. The molecule has 0 bridgehead atoms. The normalized spacial score (nSPS) is 15.2. The summed E-state index contributed by atoms with van der Waals surface area (Å²) < 4.78 is 62.7. The summed E-state index contributed by atoms with van der Waals surface area (Å²) in [4.78, 5) is 7.25. The zero-order valence-electron chi connectivity index (χ0n) is 12.0. The van der Waals surface area contributed by atoms with Crippen molar-refractivity contribution in [3.63, 3.8) is 0 Å². The number of alkyl halides is 6. The molecule has 0 aliphatic heterocycles. The van der Waals surface area contributed by atoms with Crippen molar-refractivity contribution in [3.05, 3.63) is 47.2 Å². The number of thiazole rings is 1. The van der Waals surface area contributed by atoms with E-state index < -0.39 is 21.4 Å². The number of hydrogen-bond acceptors (Lipinski definition) is 4. The molecule has 2 rings (SSSR count). The number of hydrogen-bond donors (Lipinski definition) is 1. The van der Waals surface area contributed by atoms with Crippen LogP contribution in [-0.4, -0.2) is 21.0 Å². The third-order valence-corrected chi connectivity index (χ3v) is 6.04. The van der Waals surface area contributed by atoms with Crippen molar-refractivity contribution in [1.82, 2.24) is 9.97 Å². The van der Waals surface area contributed by atoms with Crippen LogP contribution in [0.3, 0.4) is 0 Å². The van der Waals surface area contributed by atoms with E-state index in [-0.39, 0.29) is 21.1 Å². The van der Waals surface area contributed by atoms with Crippen LogP contribution in [0.4, 0.5) is 22.0 Å². The van der Waals surface area contributed by atoms with Crippen molar-refractivity contribution in [1.29, 1.82) is 0 Å². The molecular weight excluding hydrogens is 466 g/mol. The Bertz CT molecular complexity index is 756. The first-order valence-electron chi connectivity index (χ1n) is 6.34. The second kappa shape index (κ2) is 6.30. The summed E-state index contributed by atoms with van der Waals surface area (Å²) in [5.41, 5.74) is -0.687. The molecule has 2 aromatic heterocycles. The maximum absolute atomic E-state index is 13.9. The highest BCUT2D eigenvalue weighted by molar-refractivity contribution is 14.1. The van der Waals surface area contributed by atoms with Gasteiger partial charge >= 0.3 is 12.1 Å². The molecule has 0 radical (unpaired) electrons. The summed E-state index contributed by atoms with van der Waals surface area (Å²) in [6.45, 7) is 4.43. The van der Waals surface area contributed by atoms with E-state index >= 15 is 0 Å². The predicted octanol–water partition coefficient (Wildman–Crippen LogP) is 4.93. The molecule has 10 heteroatoms. The summed E-state index contributed by atoms with van der Waals surface area (Å²) in [5, 5.41) is 10.4. The van der Waals surface area contributed by atoms with Crippen LogP contribution in [0.15, 0.2) is 31.0 Å². The highest BCUT2D eigenvalue weighted by Crippen LogP contribution is 2.48. The second-order valence-electron chi connectivity index (χ2n) is 4.81. The maximum atomic E-state index is 13.9. The van der Waals surface area contributed by atoms with Gasteiger partial charge in [0.2, 0.25) is 3.61 Å². The predicted molar refractivity (Wildman–Crippen MR) is 88.1 cm³/mol. The van der Waals surface area contributed by atoms with E-state index in [0.29, 0.717) is 6.08 Å². The number of aromatic nitrogens is 2. The minimum atomic E-state index is -4.57. The number of rotatable bonds is 4. The fourth-order valence-electron chi connectivity index (χ4n) is 1.80. The van der Waals surface area contributed by atoms with Gasteiger partial charge < -0.3 is 5.11 Å². The zero-order chi connectivity index (χ0) is 18.3. The van der Waals surface area contributed by atoms with Gasteiger partial charge in [-0.15, -0.1) is 11.3 Å². The van der Waals surface area contributed by atoms with Crippen molar-refractivity contribution in [2.24, 2.45) is 0 Å². The Morgan fingerprint density at radius 2 is 1.88 bits per heavy atom. The minimum absolute atomic E-state index is 0.108. The lowest BCUT2D eigenvalue weighted by Crippen LogP contribution is -2.38. The van der Waals surface area contributed by atoms with Crippen LogP contribution < -0.4 is 0 Å². The van der Waals surface area contributed by atoms with Crippen LogP contribution in [0.25, 0.3) is 10.6 Å². The molecule has 1 atom stereocenters. The van der Waals surface area contributed by atoms with Crippen molar-refractivity contribution in [3.8, 4) is 10.6 Å². The largest absolute Gasteiger partial charge is 0.433 e. The molecule has 2 aromatic rings. The number of halogens is 6. The van der Waals surface area contributed by atoms with Gasteiger partial charge in [0.25, 0.3) is 0 Å². The fourth-order valence-corrected chi connectivity index (χ4v) is 3.82. The fraction of sp³-hybridized carbons (Fsp3) is 0.286. The monoisotopic (exact) mass is 476 g/mol. The molecule has 0 fully saturated rings. The van der Waals surface area contributed by atoms with Crippen LogP contribution in [-0.2, 0) is 9.78 Å². The molecule has 1 N–H and O–H groups in total. The van der Waals surface area contributed by atoms with Crippen LogP contribution in [0.2, 0.25) is 0 Å². The highest BCUT2D eigenvalue weighted by atomic mass is 127. The Morgan fingerprint density at radius 1 is 1.25 bits per heavy atom. The number of aliphatic hydroxyl groups is 1. The first-order valence-corrected chi connectivity index (χ1v) is 8.24. The van der Waals surface area contributed by atoms with Gasteiger partial charge in [0.1, 0.15) is 10.7 Å². The standard InChI is InChI=1S/C14H10F5IN2OS/c1-3-12(15,16)13(20,23)10-7(2)22-11(24-10)8-4-5-9(21-6-8)14(17,18)19/h3-6,23H,1H2,2H3. The molecule has 0 amide bonds. The molecule has 0 spiro atoms. The highest BCUT2D eigenvalue weighted by Gasteiger charge is 2.52. The van der Waals surface area contributed by atoms with Gasteiger partial charge in [0.05, 0.1) is 10.6 Å². The van der Waals surface area contributed by atoms with Gasteiger partial charge in [-0.3, -0.25) is 4.98 Å². The third kappa shape index (κ3) is 3.45. The van der Waals surface area contributed by atoms with Crippen LogP contribution >= 0.6 is 33.9 Å². The SMILES string of the molecule is C=CC(F)(F)C(O)(I)c1sc(-c2ccc(C(F)(F)F)nc2)nc1C. The van der Waals surface area contributed by atoms with Crippen molar-refractivity contribution < 1.29 is 27.1 Å². The Hall–Kier alpha value is -1.14. The maximum Gasteiger partial charge on any atom is 0.433 e. The first kappa shape index (κ1) is 19.2. The van der Waals surface area contributed by atoms with Crippen molar-refractivity contribution in [2.75, 3.05) is 0 Å². The molecule has 0 aromatic carbocycles. The molecule has 3 nitrogen and oxygen atoms in total. The van der Waals surface area contributed by atoms with E-state index in [2.05, 4.69) is 16.5 Å². The van der Waals surface area contributed by atoms with Gasteiger partial charge in [0.15, 0.2) is 0 Å². The molecule has 0 aliphatic rings. The van der Waals surface area contributed by atoms with Gasteiger partial charge in [0, 0.05) is 11.8 Å². The number of aryl methyl sites for hydroxylation is 1. The molecule has 0 saturated carbocycles. The molecule has 130 valence electrons. The summed E-state index contributed by atoms with van der Waals surface area (Å²) >= 11 is 1.96. The molecule has 24 heavy (non-hydrogen) atoms. The van der Waals surface area contributed by atoms with E-state index in [0.717, 1.165) is 29.7 Å². The summed E-state index contributed by atoms with van der Waals surface area (Å²) in [5.74, 6) is -3.61. The van der Waals surface area contributed by atoms with Gasteiger partial charge in [-0.25, -0.2) is 4.98 Å². The second-order valence-corrected chi connectivity index (χ2v) is 7.37. The third-order valence-electron chi connectivity index (χ3n) is 3.10. The first-order chi connectivity index (χ1) is 10.9. The van der Waals surface area contributed by atoms with Crippen LogP contribution in [0.5, 0.6) is 0 Å². The van der Waals surface area contributed by atoms with E-state index in [4.69, 9.17) is 0 Å². The van der Waals surface area contributed by atoms with Crippen LogP contribution in [0, 0.1) is 6.92 Å². The van der Waals surface area contributed by atoms with E-state index in [9.17, 15) is 27.1 Å². The van der Waals surface area contributed by atoms with Crippen LogP contribution in [0.1, 0.15) is 16.3 Å². The topological polar surface area (TPSA) is 46.0 Å². The quantitative estimate of drug-likeness (QED) is 0.295. The zero-order valence-corrected chi connectivity index (χ0v) is 15.0. The minimum Gasteiger partial charge on any atom is -0.369 e. The molecule has 2 heterocycles. The van der Waals surface area contributed by atoms with E-state index in [1.165, 1.54) is 29.5 Å². The average molecular weight is 476 g/mol. The van der Waals surface area contributed by atoms with Gasteiger partial charge in [-0.05, 0) is 47.7 Å². The van der Waals surface area contributed by atoms with Crippen molar-refractivity contribution >= 4 is 33.9 Å². The lowest BCUT2D eigenvalue weighted by Gasteiger charge is -2.27. The molecule has 0 saturated heterocycles. The Kier molecular flexibility index (Phi) is 5.04. The lowest BCUT2D eigenvalue weighted by molar-refractivity contribution is -0.141. The van der Waals surface area contributed by atoms with Crippen molar-refractivity contribution in [2.45, 2.75) is 22.6 Å².